The van der Waals surface area contributed by atoms with Crippen LogP contribution in [0.3, 0.4) is 0 Å². The first kappa shape index (κ1) is 15.8. The van der Waals surface area contributed by atoms with Crippen LogP contribution < -0.4 is 4.74 Å². The predicted octanol–water partition coefficient (Wildman–Crippen LogP) is 1.36. The van der Waals surface area contributed by atoms with E-state index in [9.17, 15) is 4.79 Å². The van der Waals surface area contributed by atoms with Crippen LogP contribution in [0.25, 0.3) is 10.8 Å². The smallest absolute Gasteiger partial charge is 0.260 e. The van der Waals surface area contributed by atoms with Crippen LogP contribution in [0, 0.1) is 0 Å². The van der Waals surface area contributed by atoms with E-state index >= 15 is 0 Å². The largest absolute Gasteiger partial charge is 0.483 e. The van der Waals surface area contributed by atoms with E-state index in [1.54, 1.807) is 0 Å². The number of carbonyl (C=O) groups is 1. The molecular formula is C18H22N2O3. The molecule has 1 heterocycles. The zero-order valence-electron chi connectivity index (χ0n) is 13.1. The number of β-amino-alcohol motifs (C(OH)–C–C–N with tert-alkyl or cyclic N) is 1. The third-order valence-electron chi connectivity index (χ3n) is 4.24. The van der Waals surface area contributed by atoms with Crippen LogP contribution >= 0.6 is 0 Å². The van der Waals surface area contributed by atoms with Crippen LogP contribution in [0.4, 0.5) is 0 Å². The van der Waals surface area contributed by atoms with Crippen molar-refractivity contribution in [2.75, 3.05) is 45.9 Å². The van der Waals surface area contributed by atoms with E-state index in [2.05, 4.69) is 4.90 Å². The van der Waals surface area contributed by atoms with Crippen LogP contribution in [-0.2, 0) is 4.79 Å². The van der Waals surface area contributed by atoms with Crippen LogP contribution in [0.1, 0.15) is 0 Å². The summed E-state index contributed by atoms with van der Waals surface area (Å²) in [6, 6.07) is 13.9. The Morgan fingerprint density at radius 1 is 1.04 bits per heavy atom. The minimum atomic E-state index is 0.0154. The van der Waals surface area contributed by atoms with Crippen molar-refractivity contribution in [3.63, 3.8) is 0 Å². The normalized spacial score (nSPS) is 15.8. The number of hydrogen-bond acceptors (Lipinski definition) is 4. The minimum Gasteiger partial charge on any atom is -0.483 e. The van der Waals surface area contributed by atoms with E-state index < -0.39 is 0 Å². The number of rotatable bonds is 5. The number of aliphatic hydroxyl groups excluding tert-OH is 1. The molecule has 1 N–H and O–H groups in total. The molecule has 2 aromatic carbocycles. The summed E-state index contributed by atoms with van der Waals surface area (Å²) in [5.74, 6) is 0.761. The summed E-state index contributed by atoms with van der Waals surface area (Å²) in [4.78, 5) is 16.3. The first-order chi connectivity index (χ1) is 11.3. The maximum absolute atomic E-state index is 12.3. The molecule has 1 saturated heterocycles. The summed E-state index contributed by atoms with van der Waals surface area (Å²) in [5.41, 5.74) is 0. The number of aliphatic hydroxyl groups is 1. The van der Waals surface area contributed by atoms with Crippen molar-refractivity contribution in [3.8, 4) is 5.75 Å². The van der Waals surface area contributed by atoms with Crippen molar-refractivity contribution in [3.05, 3.63) is 42.5 Å². The molecule has 1 aliphatic heterocycles. The first-order valence-corrected chi connectivity index (χ1v) is 7.99. The highest BCUT2D eigenvalue weighted by Crippen LogP contribution is 2.25. The lowest BCUT2D eigenvalue weighted by molar-refractivity contribution is -0.135. The molecule has 122 valence electrons. The maximum Gasteiger partial charge on any atom is 0.260 e. The Morgan fingerprint density at radius 3 is 2.57 bits per heavy atom. The van der Waals surface area contributed by atoms with Crippen molar-refractivity contribution in [2.24, 2.45) is 0 Å². The van der Waals surface area contributed by atoms with Gasteiger partial charge in [0.05, 0.1) is 6.61 Å². The molecule has 5 nitrogen and oxygen atoms in total. The van der Waals surface area contributed by atoms with Crippen molar-refractivity contribution in [2.45, 2.75) is 0 Å². The van der Waals surface area contributed by atoms with E-state index in [1.165, 1.54) is 0 Å². The van der Waals surface area contributed by atoms with Gasteiger partial charge in [-0.1, -0.05) is 36.4 Å². The van der Waals surface area contributed by atoms with Crippen LogP contribution in [0.15, 0.2) is 42.5 Å². The number of benzene rings is 2. The zero-order valence-corrected chi connectivity index (χ0v) is 13.1. The van der Waals surface area contributed by atoms with Gasteiger partial charge in [0, 0.05) is 38.1 Å². The summed E-state index contributed by atoms with van der Waals surface area (Å²) in [7, 11) is 0. The molecule has 1 fully saturated rings. The van der Waals surface area contributed by atoms with Gasteiger partial charge in [-0.2, -0.15) is 0 Å². The van der Waals surface area contributed by atoms with E-state index in [4.69, 9.17) is 9.84 Å². The van der Waals surface area contributed by atoms with E-state index in [0.717, 1.165) is 29.6 Å². The molecule has 0 aromatic heterocycles. The fourth-order valence-electron chi connectivity index (χ4n) is 2.91. The third-order valence-corrected chi connectivity index (χ3v) is 4.24. The van der Waals surface area contributed by atoms with Gasteiger partial charge in [-0.15, -0.1) is 0 Å². The Kier molecular flexibility index (Phi) is 5.10. The lowest BCUT2D eigenvalue weighted by atomic mass is 10.1. The van der Waals surface area contributed by atoms with Gasteiger partial charge >= 0.3 is 0 Å². The number of amides is 1. The lowest BCUT2D eigenvalue weighted by Crippen LogP contribution is -2.50. The molecule has 23 heavy (non-hydrogen) atoms. The Balaban J connectivity index is 1.57. The van der Waals surface area contributed by atoms with E-state index in [0.29, 0.717) is 19.6 Å². The second-order valence-corrected chi connectivity index (χ2v) is 5.71. The highest BCUT2D eigenvalue weighted by molar-refractivity contribution is 5.88. The number of piperazine rings is 1. The molecule has 1 amide bonds. The summed E-state index contributed by atoms with van der Waals surface area (Å²) >= 11 is 0. The number of nitrogens with zero attached hydrogens (tertiary/aromatic N) is 2. The maximum atomic E-state index is 12.3. The number of carbonyl (C=O) groups excluding carboxylic acids is 1. The molecule has 0 bridgehead atoms. The van der Waals surface area contributed by atoms with Crippen LogP contribution in [-0.4, -0.2) is 66.8 Å². The van der Waals surface area contributed by atoms with Crippen molar-refractivity contribution < 1.29 is 14.6 Å². The van der Waals surface area contributed by atoms with Crippen molar-refractivity contribution in [1.82, 2.24) is 9.80 Å². The minimum absolute atomic E-state index is 0.0154. The molecule has 0 unspecified atom stereocenters. The molecule has 0 radical (unpaired) electrons. The molecule has 2 aromatic rings. The molecule has 3 rings (SSSR count). The summed E-state index contributed by atoms with van der Waals surface area (Å²) < 4.78 is 5.76. The molecule has 0 spiro atoms. The fourth-order valence-corrected chi connectivity index (χ4v) is 2.91. The topological polar surface area (TPSA) is 53.0 Å². The van der Waals surface area contributed by atoms with Crippen LogP contribution in [0.2, 0.25) is 0 Å². The Morgan fingerprint density at radius 2 is 1.78 bits per heavy atom. The summed E-state index contributed by atoms with van der Waals surface area (Å²) in [6.45, 7) is 3.90. The van der Waals surface area contributed by atoms with E-state index in [1.807, 2.05) is 47.4 Å². The van der Waals surface area contributed by atoms with Gasteiger partial charge in [0.2, 0.25) is 0 Å². The van der Waals surface area contributed by atoms with Gasteiger partial charge in [-0.25, -0.2) is 0 Å². The van der Waals surface area contributed by atoms with Crippen molar-refractivity contribution >= 4 is 16.7 Å². The first-order valence-electron chi connectivity index (χ1n) is 7.99. The van der Waals surface area contributed by atoms with Gasteiger partial charge in [-0.05, 0) is 11.5 Å². The SMILES string of the molecule is O=C(COc1cccc2ccccc12)N1CCN(CCO)CC1. The molecular weight excluding hydrogens is 292 g/mol. The number of hydrogen-bond donors (Lipinski definition) is 1. The fraction of sp³-hybridized carbons (Fsp3) is 0.389. The predicted molar refractivity (Wildman–Crippen MR) is 89.5 cm³/mol. The zero-order chi connectivity index (χ0) is 16.1. The average Bonchev–Trinajstić information content (AvgIpc) is 2.60. The van der Waals surface area contributed by atoms with Gasteiger partial charge < -0.3 is 14.7 Å². The van der Waals surface area contributed by atoms with Gasteiger partial charge in [0.15, 0.2) is 6.61 Å². The Bertz CT molecular complexity index is 661. The molecule has 0 aliphatic carbocycles. The molecule has 0 atom stereocenters. The van der Waals surface area contributed by atoms with Gasteiger partial charge in [-0.3, -0.25) is 9.69 Å². The third kappa shape index (κ3) is 3.81. The van der Waals surface area contributed by atoms with E-state index in [-0.39, 0.29) is 19.1 Å². The highest BCUT2D eigenvalue weighted by Gasteiger charge is 2.21. The van der Waals surface area contributed by atoms with Crippen LogP contribution in [0.5, 0.6) is 5.75 Å². The lowest BCUT2D eigenvalue weighted by Gasteiger charge is -2.34. The summed E-state index contributed by atoms with van der Waals surface area (Å²) in [6.07, 6.45) is 0. The van der Waals surface area contributed by atoms with Crippen molar-refractivity contribution in [1.29, 1.82) is 0 Å². The molecule has 0 saturated carbocycles. The second-order valence-electron chi connectivity index (χ2n) is 5.71. The number of ether oxygens (including phenoxy) is 1. The standard InChI is InChI=1S/C18H22N2O3/c21-13-12-19-8-10-20(11-9-19)18(22)14-23-17-7-3-5-15-4-1-2-6-16(15)17/h1-7,21H,8-14H2. The Labute approximate surface area is 136 Å². The quantitative estimate of drug-likeness (QED) is 0.905. The van der Waals surface area contributed by atoms with Gasteiger partial charge in [0.25, 0.3) is 5.91 Å². The number of fused-ring (bicyclic) bond motifs is 1. The monoisotopic (exact) mass is 314 g/mol. The van der Waals surface area contributed by atoms with Gasteiger partial charge in [0.1, 0.15) is 5.75 Å². The molecule has 1 aliphatic rings. The Hall–Kier alpha value is -2.11. The molecule has 5 heteroatoms. The highest BCUT2D eigenvalue weighted by atomic mass is 16.5. The summed E-state index contributed by atoms with van der Waals surface area (Å²) in [5, 5.41) is 11.1. The second kappa shape index (κ2) is 7.44. The average molecular weight is 314 g/mol.